The van der Waals surface area contributed by atoms with Crippen molar-refractivity contribution in [2.24, 2.45) is 4.99 Å². The lowest BCUT2D eigenvalue weighted by Gasteiger charge is -2.29. The molecular formula is C21H29N5O2. The van der Waals surface area contributed by atoms with E-state index in [2.05, 4.69) is 33.8 Å². The molecule has 1 aromatic carbocycles. The summed E-state index contributed by atoms with van der Waals surface area (Å²) in [4.78, 5) is 18.9. The van der Waals surface area contributed by atoms with Crippen molar-refractivity contribution >= 4 is 17.6 Å². The van der Waals surface area contributed by atoms with Gasteiger partial charge in [-0.15, -0.1) is 0 Å². The first-order chi connectivity index (χ1) is 13.7. The van der Waals surface area contributed by atoms with Crippen LogP contribution in [0.1, 0.15) is 42.8 Å². The van der Waals surface area contributed by atoms with Gasteiger partial charge in [0.15, 0.2) is 5.96 Å². The minimum Gasteiger partial charge on any atom is -0.361 e. The van der Waals surface area contributed by atoms with E-state index in [1.54, 1.807) is 7.05 Å². The molecule has 0 atom stereocenters. The molecule has 0 fully saturated rings. The summed E-state index contributed by atoms with van der Waals surface area (Å²) in [5, 5.41) is 10.5. The van der Waals surface area contributed by atoms with Crippen LogP contribution in [0.5, 0.6) is 0 Å². The van der Waals surface area contributed by atoms with Gasteiger partial charge in [0.1, 0.15) is 5.76 Å². The van der Waals surface area contributed by atoms with E-state index < -0.39 is 0 Å². The quantitative estimate of drug-likeness (QED) is 0.591. The Hall–Kier alpha value is -2.83. The summed E-state index contributed by atoms with van der Waals surface area (Å²) in [6.45, 7) is 5.62. The average Bonchev–Trinajstić information content (AvgIpc) is 3.15. The Labute approximate surface area is 166 Å². The van der Waals surface area contributed by atoms with Crippen LogP contribution >= 0.6 is 0 Å². The van der Waals surface area contributed by atoms with Gasteiger partial charge in [-0.05, 0) is 30.9 Å². The first-order valence-electron chi connectivity index (χ1n) is 9.97. The summed E-state index contributed by atoms with van der Waals surface area (Å²) in [5.74, 6) is 1.52. The molecule has 2 N–H and O–H groups in total. The molecule has 7 heteroatoms. The molecule has 1 aliphatic heterocycles. The number of aromatic nitrogens is 1. The zero-order valence-corrected chi connectivity index (χ0v) is 16.9. The van der Waals surface area contributed by atoms with E-state index in [9.17, 15) is 4.79 Å². The van der Waals surface area contributed by atoms with Crippen LogP contribution in [0.4, 0.5) is 5.69 Å². The second kappa shape index (κ2) is 9.39. The Morgan fingerprint density at radius 1 is 1.25 bits per heavy atom. The third kappa shape index (κ3) is 4.35. The van der Waals surface area contributed by atoms with Gasteiger partial charge in [-0.1, -0.05) is 37.2 Å². The van der Waals surface area contributed by atoms with E-state index in [-0.39, 0.29) is 12.5 Å². The van der Waals surface area contributed by atoms with Crippen molar-refractivity contribution in [2.45, 2.75) is 46.1 Å². The zero-order valence-electron chi connectivity index (χ0n) is 16.9. The Morgan fingerprint density at radius 2 is 2.07 bits per heavy atom. The van der Waals surface area contributed by atoms with E-state index in [4.69, 9.17) is 4.52 Å². The zero-order chi connectivity index (χ0) is 19.9. The van der Waals surface area contributed by atoms with E-state index in [0.717, 1.165) is 54.9 Å². The van der Waals surface area contributed by atoms with E-state index in [1.165, 1.54) is 5.56 Å². The Kier molecular flexibility index (Phi) is 6.68. The van der Waals surface area contributed by atoms with Crippen LogP contribution in [0.3, 0.4) is 0 Å². The minimum atomic E-state index is 0.0450. The van der Waals surface area contributed by atoms with Crippen molar-refractivity contribution in [1.29, 1.82) is 0 Å². The number of nitrogens with zero attached hydrogens (tertiary/aromatic N) is 3. The normalized spacial score (nSPS) is 14.0. The number of fused-ring (bicyclic) bond motifs is 1. The van der Waals surface area contributed by atoms with Gasteiger partial charge in [0.25, 0.3) is 0 Å². The highest BCUT2D eigenvalue weighted by Gasteiger charge is 2.22. The van der Waals surface area contributed by atoms with Crippen LogP contribution in [0.25, 0.3) is 0 Å². The molecule has 0 bridgehead atoms. The number of nitrogens with one attached hydrogen (secondary N) is 2. The number of rotatable bonds is 6. The molecule has 0 aliphatic carbocycles. The highest BCUT2D eigenvalue weighted by molar-refractivity contribution is 5.98. The van der Waals surface area contributed by atoms with Gasteiger partial charge in [0.05, 0.1) is 12.2 Å². The molecule has 2 aromatic rings. The van der Waals surface area contributed by atoms with Crippen molar-refractivity contribution in [1.82, 2.24) is 15.8 Å². The van der Waals surface area contributed by atoms with E-state index in [0.29, 0.717) is 12.5 Å². The van der Waals surface area contributed by atoms with Crippen molar-refractivity contribution in [3.63, 3.8) is 0 Å². The van der Waals surface area contributed by atoms with Crippen LogP contribution in [-0.2, 0) is 30.6 Å². The molecule has 0 radical (unpaired) electrons. The fourth-order valence-corrected chi connectivity index (χ4v) is 3.58. The number of carbonyl (C=O) groups excluding carboxylic acids is 1. The van der Waals surface area contributed by atoms with Gasteiger partial charge in [-0.25, -0.2) is 0 Å². The summed E-state index contributed by atoms with van der Waals surface area (Å²) in [6, 6.07) is 8.12. The summed E-state index contributed by atoms with van der Waals surface area (Å²) in [6.07, 6.45) is 3.62. The molecule has 2 heterocycles. The number of amides is 1. The van der Waals surface area contributed by atoms with Gasteiger partial charge >= 0.3 is 0 Å². The number of para-hydroxylation sites is 1. The molecule has 1 amide bonds. The molecule has 0 unspecified atom stereocenters. The molecule has 7 nitrogen and oxygen atoms in total. The van der Waals surface area contributed by atoms with E-state index in [1.807, 2.05) is 30.0 Å². The molecule has 150 valence electrons. The Balaban J connectivity index is 1.58. The molecule has 1 aromatic heterocycles. The second-order valence-electron chi connectivity index (χ2n) is 6.80. The first kappa shape index (κ1) is 19.9. The van der Waals surface area contributed by atoms with Crippen molar-refractivity contribution in [3.05, 3.63) is 46.8 Å². The lowest BCUT2D eigenvalue weighted by Crippen LogP contribution is -2.46. The molecule has 0 spiro atoms. The minimum absolute atomic E-state index is 0.0450. The molecule has 1 aliphatic rings. The van der Waals surface area contributed by atoms with Crippen LogP contribution in [0.15, 0.2) is 33.8 Å². The first-order valence-corrected chi connectivity index (χ1v) is 9.97. The second-order valence-corrected chi connectivity index (χ2v) is 6.80. The van der Waals surface area contributed by atoms with Crippen LogP contribution in [0, 0.1) is 0 Å². The number of aliphatic imine (C=N–C) groups is 1. The smallest absolute Gasteiger partial charge is 0.246 e. The van der Waals surface area contributed by atoms with Crippen LogP contribution in [-0.4, -0.2) is 37.2 Å². The highest BCUT2D eigenvalue weighted by atomic mass is 16.5. The van der Waals surface area contributed by atoms with Crippen LogP contribution in [0.2, 0.25) is 0 Å². The Bertz CT molecular complexity index is 822. The number of hydrogen-bond acceptors (Lipinski definition) is 4. The molecule has 3 rings (SSSR count). The maximum atomic E-state index is 12.8. The van der Waals surface area contributed by atoms with Crippen molar-refractivity contribution in [3.8, 4) is 0 Å². The standard InChI is InChI=1S/C21H29N5O2/c1-4-17-16(19(5-2)28-25-17)13-23-21(22-3)24-14-20(27)26-12-8-10-15-9-6-7-11-18(15)26/h6-7,9,11H,4-5,8,10,12-14H2,1-3H3,(H2,22,23,24). The van der Waals surface area contributed by atoms with Crippen molar-refractivity contribution < 1.29 is 9.32 Å². The lowest BCUT2D eigenvalue weighted by molar-refractivity contribution is -0.117. The van der Waals surface area contributed by atoms with Gasteiger partial charge in [0.2, 0.25) is 5.91 Å². The summed E-state index contributed by atoms with van der Waals surface area (Å²) in [5.41, 5.74) is 4.29. The number of anilines is 1. The monoisotopic (exact) mass is 383 g/mol. The van der Waals surface area contributed by atoms with Gasteiger partial charge < -0.3 is 20.1 Å². The number of guanidine groups is 1. The lowest BCUT2D eigenvalue weighted by atomic mass is 10.0. The SMILES string of the molecule is CCc1noc(CC)c1CNC(=NC)NCC(=O)N1CCCc2ccccc21. The summed E-state index contributed by atoms with van der Waals surface area (Å²) >= 11 is 0. The van der Waals surface area contributed by atoms with Gasteiger partial charge in [-0.2, -0.15) is 0 Å². The molecule has 0 saturated heterocycles. The fraction of sp³-hybridized carbons (Fsp3) is 0.476. The van der Waals surface area contributed by atoms with Gasteiger partial charge in [-0.3, -0.25) is 9.79 Å². The number of aryl methyl sites for hydroxylation is 3. The fourth-order valence-electron chi connectivity index (χ4n) is 3.58. The Morgan fingerprint density at radius 3 is 2.82 bits per heavy atom. The molecule has 0 saturated carbocycles. The van der Waals surface area contributed by atoms with E-state index >= 15 is 0 Å². The summed E-state index contributed by atoms with van der Waals surface area (Å²) in [7, 11) is 1.70. The topological polar surface area (TPSA) is 82.8 Å². The molecular weight excluding hydrogens is 354 g/mol. The largest absolute Gasteiger partial charge is 0.361 e. The third-order valence-corrected chi connectivity index (χ3v) is 5.08. The molecule has 28 heavy (non-hydrogen) atoms. The predicted octanol–water partition coefficient (Wildman–Crippen LogP) is 2.44. The number of benzene rings is 1. The average molecular weight is 383 g/mol. The summed E-state index contributed by atoms with van der Waals surface area (Å²) < 4.78 is 5.40. The van der Waals surface area contributed by atoms with Crippen molar-refractivity contribution in [2.75, 3.05) is 25.0 Å². The number of carbonyl (C=O) groups is 1. The predicted molar refractivity (Wildman–Crippen MR) is 111 cm³/mol. The van der Waals surface area contributed by atoms with Gasteiger partial charge in [0, 0.05) is 37.8 Å². The highest BCUT2D eigenvalue weighted by Crippen LogP contribution is 2.26. The maximum Gasteiger partial charge on any atom is 0.246 e. The van der Waals surface area contributed by atoms with Crippen LogP contribution < -0.4 is 15.5 Å². The third-order valence-electron chi connectivity index (χ3n) is 5.08. The maximum absolute atomic E-state index is 12.8. The number of hydrogen-bond donors (Lipinski definition) is 2.